The Balaban J connectivity index is 2.71. The highest BCUT2D eigenvalue weighted by Crippen LogP contribution is 2.09. The lowest BCUT2D eigenvalue weighted by atomic mass is 10.2. The fourth-order valence-electron chi connectivity index (χ4n) is 1.61. The topological polar surface area (TPSA) is 50.7 Å². The van der Waals surface area contributed by atoms with Gasteiger partial charge in [-0.25, -0.2) is 9.67 Å². The van der Waals surface area contributed by atoms with Crippen LogP contribution in [0.2, 0.25) is 0 Å². The van der Waals surface area contributed by atoms with Crippen LogP contribution in [0.4, 0.5) is 0 Å². The van der Waals surface area contributed by atoms with Crippen LogP contribution < -0.4 is 5.56 Å². The van der Waals surface area contributed by atoms with Crippen molar-refractivity contribution in [2.75, 3.05) is 0 Å². The molecule has 0 saturated heterocycles. The molecular formula is C11H15N3O. The van der Waals surface area contributed by atoms with Gasteiger partial charge in [-0.05, 0) is 32.4 Å². The summed E-state index contributed by atoms with van der Waals surface area (Å²) in [4.78, 5) is 16.2. The first-order valence-corrected chi connectivity index (χ1v) is 5.23. The molecule has 2 heterocycles. The number of pyridine rings is 1. The first-order chi connectivity index (χ1) is 7.13. The van der Waals surface area contributed by atoms with Crippen molar-refractivity contribution in [1.29, 1.82) is 0 Å². The number of aromatic amines is 1. The third kappa shape index (κ3) is 1.56. The van der Waals surface area contributed by atoms with Crippen molar-refractivity contribution in [2.24, 2.45) is 0 Å². The lowest BCUT2D eigenvalue weighted by Crippen LogP contribution is -2.18. The second-order valence-electron chi connectivity index (χ2n) is 3.93. The van der Waals surface area contributed by atoms with Crippen molar-refractivity contribution in [3.8, 4) is 0 Å². The summed E-state index contributed by atoms with van der Waals surface area (Å²) in [5, 5.41) is 3.70. The molecule has 0 bridgehead atoms. The summed E-state index contributed by atoms with van der Waals surface area (Å²) in [6.45, 7) is 5.99. The molecular weight excluding hydrogens is 190 g/mol. The fraction of sp³-hybridized carbons (Fsp3) is 0.455. The summed E-state index contributed by atoms with van der Waals surface area (Å²) in [6.07, 6.45) is 0.880. The Kier molecular flexibility index (Phi) is 2.34. The molecule has 0 unspecified atom stereocenters. The molecule has 0 saturated carbocycles. The van der Waals surface area contributed by atoms with E-state index in [0.29, 0.717) is 11.0 Å². The quantitative estimate of drug-likeness (QED) is 0.813. The molecule has 4 heteroatoms. The summed E-state index contributed by atoms with van der Waals surface area (Å²) in [5.74, 6) is 0. The average Bonchev–Trinajstić information content (AvgIpc) is 2.55. The van der Waals surface area contributed by atoms with E-state index in [1.54, 1.807) is 4.68 Å². The van der Waals surface area contributed by atoms with Crippen LogP contribution in [0.3, 0.4) is 0 Å². The highest BCUT2D eigenvalue weighted by Gasteiger charge is 2.09. The smallest absolute Gasteiger partial charge is 0.276 e. The van der Waals surface area contributed by atoms with Gasteiger partial charge in [-0.1, -0.05) is 6.92 Å². The standard InChI is InChI=1S/C11H15N3O/c1-4-8-5-6-9-10(12-8)13-14(7(2)3)11(9)15/h5-7H,4H2,1-3H3,(H,12,13). The molecule has 0 aliphatic carbocycles. The number of fused-ring (bicyclic) bond motifs is 1. The second-order valence-corrected chi connectivity index (χ2v) is 3.93. The zero-order valence-corrected chi connectivity index (χ0v) is 9.24. The number of nitrogens with zero attached hydrogens (tertiary/aromatic N) is 2. The van der Waals surface area contributed by atoms with Crippen molar-refractivity contribution >= 4 is 11.0 Å². The van der Waals surface area contributed by atoms with Crippen LogP contribution in [0.25, 0.3) is 11.0 Å². The Morgan fingerprint density at radius 2 is 2.20 bits per heavy atom. The highest BCUT2D eigenvalue weighted by molar-refractivity contribution is 5.73. The summed E-state index contributed by atoms with van der Waals surface area (Å²) in [5.41, 5.74) is 1.70. The van der Waals surface area contributed by atoms with E-state index < -0.39 is 0 Å². The summed E-state index contributed by atoms with van der Waals surface area (Å²) < 4.78 is 1.61. The van der Waals surface area contributed by atoms with Gasteiger partial charge in [0.05, 0.1) is 5.39 Å². The van der Waals surface area contributed by atoms with E-state index in [0.717, 1.165) is 12.1 Å². The minimum atomic E-state index is 0.00940. The summed E-state index contributed by atoms with van der Waals surface area (Å²) in [7, 11) is 0. The Morgan fingerprint density at radius 1 is 1.47 bits per heavy atom. The highest BCUT2D eigenvalue weighted by atomic mass is 16.1. The molecule has 80 valence electrons. The van der Waals surface area contributed by atoms with Crippen LogP contribution in [-0.4, -0.2) is 14.8 Å². The minimum Gasteiger partial charge on any atom is -0.278 e. The molecule has 2 aromatic rings. The lowest BCUT2D eigenvalue weighted by Gasteiger charge is -2.02. The molecule has 0 atom stereocenters. The zero-order chi connectivity index (χ0) is 11.0. The monoisotopic (exact) mass is 205 g/mol. The molecule has 0 radical (unpaired) electrons. The van der Waals surface area contributed by atoms with Crippen LogP contribution in [0.5, 0.6) is 0 Å². The van der Waals surface area contributed by atoms with Gasteiger partial charge in [0.2, 0.25) is 0 Å². The van der Waals surface area contributed by atoms with Crippen molar-refractivity contribution < 1.29 is 0 Å². The van der Waals surface area contributed by atoms with Gasteiger partial charge < -0.3 is 0 Å². The predicted molar refractivity (Wildman–Crippen MR) is 60.1 cm³/mol. The maximum absolute atomic E-state index is 11.9. The van der Waals surface area contributed by atoms with E-state index in [-0.39, 0.29) is 11.6 Å². The van der Waals surface area contributed by atoms with Gasteiger partial charge in [0.15, 0.2) is 5.65 Å². The number of hydrogen-bond acceptors (Lipinski definition) is 2. The van der Waals surface area contributed by atoms with E-state index in [2.05, 4.69) is 10.1 Å². The largest absolute Gasteiger partial charge is 0.278 e. The van der Waals surface area contributed by atoms with Crippen LogP contribution >= 0.6 is 0 Å². The molecule has 2 aromatic heterocycles. The average molecular weight is 205 g/mol. The third-order valence-electron chi connectivity index (χ3n) is 2.51. The van der Waals surface area contributed by atoms with Gasteiger partial charge in [-0.15, -0.1) is 0 Å². The number of nitrogens with one attached hydrogen (secondary N) is 1. The molecule has 4 nitrogen and oxygen atoms in total. The third-order valence-corrected chi connectivity index (χ3v) is 2.51. The Bertz CT molecular complexity index is 536. The first kappa shape index (κ1) is 9.96. The molecule has 0 fully saturated rings. The van der Waals surface area contributed by atoms with Gasteiger partial charge in [-0.2, -0.15) is 0 Å². The maximum atomic E-state index is 11.9. The molecule has 0 aliphatic rings. The van der Waals surface area contributed by atoms with Crippen LogP contribution in [0.1, 0.15) is 32.5 Å². The zero-order valence-electron chi connectivity index (χ0n) is 9.24. The van der Waals surface area contributed by atoms with Crippen molar-refractivity contribution in [3.05, 3.63) is 28.2 Å². The van der Waals surface area contributed by atoms with E-state index in [1.165, 1.54) is 0 Å². The molecule has 2 rings (SSSR count). The number of aromatic nitrogens is 3. The van der Waals surface area contributed by atoms with E-state index >= 15 is 0 Å². The summed E-state index contributed by atoms with van der Waals surface area (Å²) >= 11 is 0. The number of H-pyrrole nitrogens is 1. The molecule has 0 aliphatic heterocycles. The van der Waals surface area contributed by atoms with Gasteiger partial charge in [0.1, 0.15) is 0 Å². The molecule has 0 aromatic carbocycles. The van der Waals surface area contributed by atoms with Gasteiger partial charge in [0.25, 0.3) is 5.56 Å². The van der Waals surface area contributed by atoms with Crippen LogP contribution in [0, 0.1) is 0 Å². The number of aryl methyl sites for hydroxylation is 1. The normalized spacial score (nSPS) is 11.5. The second kappa shape index (κ2) is 3.53. The van der Waals surface area contributed by atoms with Crippen molar-refractivity contribution in [2.45, 2.75) is 33.2 Å². The number of hydrogen-bond donors (Lipinski definition) is 1. The lowest BCUT2D eigenvalue weighted by molar-refractivity contribution is 0.521. The molecule has 0 spiro atoms. The molecule has 0 amide bonds. The van der Waals surface area contributed by atoms with E-state index in [9.17, 15) is 4.79 Å². The van der Waals surface area contributed by atoms with Crippen LogP contribution in [-0.2, 0) is 6.42 Å². The van der Waals surface area contributed by atoms with Crippen molar-refractivity contribution in [3.63, 3.8) is 0 Å². The van der Waals surface area contributed by atoms with Crippen LogP contribution in [0.15, 0.2) is 16.9 Å². The van der Waals surface area contributed by atoms with E-state index in [4.69, 9.17) is 0 Å². The first-order valence-electron chi connectivity index (χ1n) is 5.23. The Hall–Kier alpha value is -1.58. The van der Waals surface area contributed by atoms with E-state index in [1.807, 2.05) is 32.9 Å². The Labute approximate surface area is 87.9 Å². The fourth-order valence-corrected chi connectivity index (χ4v) is 1.61. The predicted octanol–water partition coefficient (Wildman–Crippen LogP) is 1.87. The van der Waals surface area contributed by atoms with Gasteiger partial charge in [0, 0.05) is 11.7 Å². The van der Waals surface area contributed by atoms with Gasteiger partial charge in [-0.3, -0.25) is 9.89 Å². The Morgan fingerprint density at radius 3 is 2.80 bits per heavy atom. The van der Waals surface area contributed by atoms with Crippen molar-refractivity contribution in [1.82, 2.24) is 14.8 Å². The maximum Gasteiger partial charge on any atom is 0.276 e. The summed E-state index contributed by atoms with van der Waals surface area (Å²) in [6, 6.07) is 3.89. The minimum absolute atomic E-state index is 0.00940. The molecule has 1 N–H and O–H groups in total. The molecule has 15 heavy (non-hydrogen) atoms. The number of rotatable bonds is 2. The van der Waals surface area contributed by atoms with Gasteiger partial charge >= 0.3 is 0 Å². The SMILES string of the molecule is CCc1ccc2c(=O)n(C(C)C)[nH]c2n1.